The molecule has 1 amide bonds. The van der Waals surface area contributed by atoms with Gasteiger partial charge >= 0.3 is 0 Å². The van der Waals surface area contributed by atoms with Gasteiger partial charge in [0.2, 0.25) is 5.91 Å². The summed E-state index contributed by atoms with van der Waals surface area (Å²) >= 11 is 12.2. The standard InChI is InChI=1S/C32H41Cl2N7O4S/c1-23-5-7-28(8-6-23)46(43,44)41-11-9-29(32(41)36-2)31(35)40(13-12-38-14-16-45-17-15-38)27-4-3-10-39(22-27)30(42)21-37-26-19-24(33)18-25(34)20-26/h5-9,11,18-20,27,35-37H,3-4,10,12-17,21-22H2,1-2H3. The van der Waals surface area contributed by atoms with Crippen LogP contribution in [0.25, 0.3) is 0 Å². The maximum Gasteiger partial charge on any atom is 0.269 e. The first-order chi connectivity index (χ1) is 22.1. The highest BCUT2D eigenvalue weighted by Gasteiger charge is 2.32. The average Bonchev–Trinajstić information content (AvgIpc) is 3.49. The normalized spacial score (nSPS) is 17.5. The SMILES string of the molecule is CNc1c(C(=N)N(CCN2CCOCC2)C2CCCN(C(=O)CNc3cc(Cl)cc(Cl)c3)C2)ccn1S(=O)(=O)c1ccc(C)cc1. The Labute approximate surface area is 280 Å². The Morgan fingerprint density at radius 2 is 1.76 bits per heavy atom. The third-order valence-electron chi connectivity index (χ3n) is 8.47. The van der Waals surface area contributed by atoms with Crippen LogP contribution in [-0.2, 0) is 19.6 Å². The van der Waals surface area contributed by atoms with E-state index in [1.807, 2.05) is 16.7 Å². The van der Waals surface area contributed by atoms with Crippen LogP contribution in [0, 0.1) is 12.3 Å². The molecule has 0 saturated carbocycles. The summed E-state index contributed by atoms with van der Waals surface area (Å²) in [5.41, 5.74) is 2.10. The predicted molar refractivity (Wildman–Crippen MR) is 183 cm³/mol. The van der Waals surface area contributed by atoms with Gasteiger partial charge in [-0.3, -0.25) is 15.1 Å². The van der Waals surface area contributed by atoms with E-state index in [-0.39, 0.29) is 29.2 Å². The highest BCUT2D eigenvalue weighted by Crippen LogP contribution is 2.28. The van der Waals surface area contributed by atoms with E-state index in [9.17, 15) is 18.6 Å². The molecule has 14 heteroatoms. The van der Waals surface area contributed by atoms with Gasteiger partial charge in [-0.25, -0.2) is 12.4 Å². The number of piperidine rings is 1. The number of rotatable bonds is 11. The van der Waals surface area contributed by atoms with E-state index in [2.05, 4.69) is 15.5 Å². The molecule has 3 N–H and O–H groups in total. The number of aromatic nitrogens is 1. The Kier molecular flexibility index (Phi) is 11.2. The lowest BCUT2D eigenvalue weighted by Gasteiger charge is -2.41. The molecule has 3 heterocycles. The zero-order valence-electron chi connectivity index (χ0n) is 26.1. The number of amidine groups is 1. The lowest BCUT2D eigenvalue weighted by molar-refractivity contribution is -0.131. The smallest absolute Gasteiger partial charge is 0.269 e. The van der Waals surface area contributed by atoms with Gasteiger partial charge in [0, 0.05) is 74.3 Å². The maximum absolute atomic E-state index is 13.6. The van der Waals surface area contributed by atoms with Crippen LogP contribution in [-0.4, -0.2) is 111 Å². The second kappa shape index (κ2) is 15.1. The van der Waals surface area contributed by atoms with Gasteiger partial charge in [0.1, 0.15) is 11.7 Å². The van der Waals surface area contributed by atoms with Crippen molar-refractivity contribution in [2.24, 2.45) is 0 Å². The van der Waals surface area contributed by atoms with E-state index in [4.69, 9.17) is 27.9 Å². The predicted octanol–water partition coefficient (Wildman–Crippen LogP) is 4.44. The molecule has 1 aromatic heterocycles. The van der Waals surface area contributed by atoms with Crippen LogP contribution in [0.3, 0.4) is 0 Å². The Hall–Kier alpha value is -3.29. The molecule has 0 spiro atoms. The molecule has 5 rings (SSSR count). The number of hydrogen-bond donors (Lipinski definition) is 3. The van der Waals surface area contributed by atoms with Gasteiger partial charge < -0.3 is 25.2 Å². The molecule has 0 bridgehead atoms. The summed E-state index contributed by atoms with van der Waals surface area (Å²) in [4.78, 5) is 19.7. The van der Waals surface area contributed by atoms with Crippen molar-refractivity contribution in [3.63, 3.8) is 0 Å². The summed E-state index contributed by atoms with van der Waals surface area (Å²) in [6.45, 7) is 7.25. The zero-order valence-corrected chi connectivity index (χ0v) is 28.5. The molecule has 11 nitrogen and oxygen atoms in total. The minimum atomic E-state index is -3.91. The second-order valence-electron chi connectivity index (χ2n) is 11.6. The highest BCUT2D eigenvalue weighted by atomic mass is 35.5. The Morgan fingerprint density at radius 1 is 1.07 bits per heavy atom. The number of anilines is 2. The molecule has 2 aliphatic rings. The minimum absolute atomic E-state index is 0.0632. The molecule has 2 saturated heterocycles. The number of ether oxygens (including phenoxy) is 1. The molecule has 248 valence electrons. The third kappa shape index (κ3) is 7.98. The fraction of sp³-hybridized carbons (Fsp3) is 0.438. The summed E-state index contributed by atoms with van der Waals surface area (Å²) in [5.74, 6) is 0.461. The van der Waals surface area contributed by atoms with Crippen molar-refractivity contribution in [3.05, 3.63) is 75.9 Å². The van der Waals surface area contributed by atoms with E-state index in [1.54, 1.807) is 55.6 Å². The van der Waals surface area contributed by atoms with Crippen LogP contribution in [0.4, 0.5) is 11.5 Å². The Morgan fingerprint density at radius 3 is 2.43 bits per heavy atom. The topological polar surface area (TPSA) is 123 Å². The molecule has 2 aliphatic heterocycles. The monoisotopic (exact) mass is 689 g/mol. The molecular formula is C32H41Cl2N7O4S. The van der Waals surface area contributed by atoms with Crippen LogP contribution < -0.4 is 10.6 Å². The van der Waals surface area contributed by atoms with Crippen molar-refractivity contribution in [1.29, 1.82) is 5.41 Å². The number of nitrogens with zero attached hydrogens (tertiary/aromatic N) is 4. The first-order valence-corrected chi connectivity index (χ1v) is 17.6. The van der Waals surface area contributed by atoms with Crippen LogP contribution in [0.15, 0.2) is 59.6 Å². The number of morpholine rings is 1. The first-order valence-electron chi connectivity index (χ1n) is 15.4. The fourth-order valence-corrected chi connectivity index (χ4v) is 7.85. The summed E-state index contributed by atoms with van der Waals surface area (Å²) in [6, 6.07) is 13.3. The number of halogens is 2. The quantitative estimate of drug-likeness (QED) is 0.200. The van der Waals surface area contributed by atoms with Gasteiger partial charge in [0.25, 0.3) is 10.0 Å². The van der Waals surface area contributed by atoms with Crippen LogP contribution >= 0.6 is 23.2 Å². The largest absolute Gasteiger partial charge is 0.379 e. The average molecular weight is 691 g/mol. The number of amides is 1. The van der Waals surface area contributed by atoms with Gasteiger partial charge in [-0.2, -0.15) is 0 Å². The van der Waals surface area contributed by atoms with Gasteiger partial charge in [0.15, 0.2) is 0 Å². The molecular weight excluding hydrogens is 649 g/mol. The molecule has 1 unspecified atom stereocenters. The molecule has 2 aromatic carbocycles. The van der Waals surface area contributed by atoms with Crippen LogP contribution in [0.1, 0.15) is 24.0 Å². The van der Waals surface area contributed by atoms with Crippen LogP contribution in [0.2, 0.25) is 10.0 Å². The lowest BCUT2D eigenvalue weighted by Crippen LogP contribution is -2.54. The summed E-state index contributed by atoms with van der Waals surface area (Å²) in [5, 5.41) is 16.6. The number of hydrogen-bond acceptors (Lipinski definition) is 8. The molecule has 0 aliphatic carbocycles. The van der Waals surface area contributed by atoms with Crippen molar-refractivity contribution in [2.45, 2.75) is 30.7 Å². The van der Waals surface area contributed by atoms with Crippen molar-refractivity contribution in [3.8, 4) is 0 Å². The molecule has 46 heavy (non-hydrogen) atoms. The number of aryl methyl sites for hydroxylation is 1. The second-order valence-corrected chi connectivity index (χ2v) is 14.3. The molecule has 1 atom stereocenters. The van der Waals surface area contributed by atoms with Crippen molar-refractivity contribution < 1.29 is 17.9 Å². The van der Waals surface area contributed by atoms with Crippen molar-refractivity contribution >= 4 is 56.5 Å². The molecule has 2 fully saturated rings. The van der Waals surface area contributed by atoms with E-state index >= 15 is 0 Å². The summed E-state index contributed by atoms with van der Waals surface area (Å²) < 4.78 is 34.0. The third-order valence-corrected chi connectivity index (χ3v) is 10.6. The number of benzene rings is 2. The summed E-state index contributed by atoms with van der Waals surface area (Å²) in [7, 11) is -2.25. The van der Waals surface area contributed by atoms with Gasteiger partial charge in [-0.1, -0.05) is 40.9 Å². The number of nitrogens with one attached hydrogen (secondary N) is 3. The number of likely N-dealkylation sites (tertiary alicyclic amines) is 1. The van der Waals surface area contributed by atoms with Gasteiger partial charge in [0.05, 0.1) is 30.2 Å². The lowest BCUT2D eigenvalue weighted by atomic mass is 10.0. The molecule has 3 aromatic rings. The summed E-state index contributed by atoms with van der Waals surface area (Å²) in [6.07, 6.45) is 3.07. The molecule has 0 radical (unpaired) electrons. The first kappa shape index (κ1) is 34.1. The van der Waals surface area contributed by atoms with Crippen molar-refractivity contribution in [1.82, 2.24) is 18.7 Å². The van der Waals surface area contributed by atoms with Gasteiger partial charge in [-0.15, -0.1) is 0 Å². The van der Waals surface area contributed by atoms with Crippen LogP contribution in [0.5, 0.6) is 0 Å². The van der Waals surface area contributed by atoms with E-state index in [1.165, 1.54) is 10.2 Å². The maximum atomic E-state index is 13.6. The Bertz CT molecular complexity index is 1620. The van der Waals surface area contributed by atoms with Gasteiger partial charge in [-0.05, 0) is 56.2 Å². The minimum Gasteiger partial charge on any atom is -0.379 e. The van der Waals surface area contributed by atoms with E-state index < -0.39 is 10.0 Å². The van der Waals surface area contributed by atoms with E-state index in [0.717, 1.165) is 31.5 Å². The number of carbonyl (C=O) groups excluding carboxylic acids is 1. The number of carbonyl (C=O) groups is 1. The van der Waals surface area contributed by atoms with E-state index in [0.29, 0.717) is 66.5 Å². The van der Waals surface area contributed by atoms with Crippen molar-refractivity contribution in [2.75, 3.05) is 76.7 Å². The Balaban J connectivity index is 1.37. The fourth-order valence-electron chi connectivity index (χ4n) is 5.96. The zero-order chi connectivity index (χ0) is 32.8. The highest BCUT2D eigenvalue weighted by molar-refractivity contribution is 7.90.